The van der Waals surface area contributed by atoms with Gasteiger partial charge in [-0.3, -0.25) is 9.59 Å². The van der Waals surface area contributed by atoms with E-state index in [2.05, 4.69) is 0 Å². The molecule has 1 saturated heterocycles. The second-order valence-corrected chi connectivity index (χ2v) is 18.6. The third-order valence-corrected chi connectivity index (χ3v) is 13.9. The third-order valence-electron chi connectivity index (χ3n) is 12.2. The van der Waals surface area contributed by atoms with Gasteiger partial charge in [0.1, 0.15) is 19.4 Å². The summed E-state index contributed by atoms with van der Waals surface area (Å²) in [4.78, 5) is 41.5. The highest BCUT2D eigenvalue weighted by Crippen LogP contribution is 2.46. The van der Waals surface area contributed by atoms with E-state index in [1.807, 2.05) is 135 Å². The van der Waals surface area contributed by atoms with E-state index in [-0.39, 0.29) is 36.7 Å². The van der Waals surface area contributed by atoms with Crippen molar-refractivity contribution in [3.8, 4) is 11.4 Å². The maximum absolute atomic E-state index is 15.1. The second-order valence-electron chi connectivity index (χ2n) is 16.8. The zero-order valence-corrected chi connectivity index (χ0v) is 37.2. The lowest BCUT2D eigenvalue weighted by atomic mass is 9.92. The van der Waals surface area contributed by atoms with Crippen LogP contribution in [0.3, 0.4) is 0 Å². The fourth-order valence-electron chi connectivity index (χ4n) is 8.75. The number of ketones is 1. The number of hydrogen-bond donors (Lipinski definition) is 0. The van der Waals surface area contributed by atoms with E-state index in [1.54, 1.807) is 48.5 Å². The predicted molar refractivity (Wildman–Crippen MR) is 250 cm³/mol. The van der Waals surface area contributed by atoms with Gasteiger partial charge in [0.25, 0.3) is 10.0 Å². The fourth-order valence-corrected chi connectivity index (χ4v) is 10.3. The fraction of sp³-hybridized carbons (Fsp3) is 0.204. The molecule has 8 aromatic rings. The van der Waals surface area contributed by atoms with Gasteiger partial charge in [-0.15, -0.1) is 0 Å². The topological polar surface area (TPSA) is 123 Å². The maximum Gasteiger partial charge on any atom is 0.338 e. The summed E-state index contributed by atoms with van der Waals surface area (Å²) in [5.74, 6) is -1.53. The molecule has 0 aliphatic carbocycles. The Labute approximate surface area is 378 Å². The molecule has 1 aliphatic heterocycles. The summed E-state index contributed by atoms with van der Waals surface area (Å²) < 4.78 is 52.2. The number of carbonyl (C=O) groups excluding carboxylic acids is 3. The zero-order valence-electron chi connectivity index (χ0n) is 36.3. The number of esters is 2. The Bertz CT molecular complexity index is 3150. The molecule has 328 valence electrons. The molecule has 9 rings (SSSR count). The highest BCUT2D eigenvalue weighted by atomic mass is 32.2. The third kappa shape index (κ3) is 8.90. The van der Waals surface area contributed by atoms with Gasteiger partial charge in [0, 0.05) is 28.7 Å². The first-order chi connectivity index (χ1) is 31.4. The monoisotopic (exact) mass is 884 g/mol. The van der Waals surface area contributed by atoms with Crippen molar-refractivity contribution >= 4 is 49.6 Å². The van der Waals surface area contributed by atoms with Crippen molar-refractivity contribution in [2.24, 2.45) is 5.92 Å². The Morgan fingerprint density at radius 3 is 1.97 bits per heavy atom. The van der Waals surface area contributed by atoms with Crippen molar-refractivity contribution in [2.45, 2.75) is 63.9 Å². The lowest BCUT2D eigenvalue weighted by Gasteiger charge is -2.21. The molecule has 0 spiro atoms. The molecule has 0 N–H and O–H groups in total. The van der Waals surface area contributed by atoms with Gasteiger partial charge in [0.15, 0.2) is 5.78 Å². The molecule has 0 amide bonds. The number of aryl methyl sites for hydroxylation is 3. The van der Waals surface area contributed by atoms with Crippen LogP contribution in [0.4, 0.5) is 0 Å². The van der Waals surface area contributed by atoms with Crippen LogP contribution >= 0.6 is 0 Å². The maximum atomic E-state index is 15.1. The first-order valence-electron chi connectivity index (χ1n) is 21.7. The van der Waals surface area contributed by atoms with Crippen LogP contribution in [0.2, 0.25) is 0 Å². The number of hydrogen-bond acceptors (Lipinski definition) is 8. The standard InChI is InChI=1S/C54H48N2O8S/c1-35-17-23-39(24-18-35)49(57)30-42-31-51(64-50(42)34-63-54(59)40-25-19-36(2)20-26-40)55-47-16-10-8-14-44(47)45(32-52(58)62-33-38-11-5-4-6-12-38)53(55)48-29-41-13-7-9-15-46(41)56(48)65(60,61)43-27-21-37(3)22-28-43/h4-29,42,50-51H,30-34H2,1-3H3/t42?,50-,51-/m1/s1. The Hall–Kier alpha value is -7.08. The largest absolute Gasteiger partial charge is 0.461 e. The van der Waals surface area contributed by atoms with Gasteiger partial charge in [-0.05, 0) is 80.8 Å². The van der Waals surface area contributed by atoms with Gasteiger partial charge in [0.2, 0.25) is 0 Å². The minimum absolute atomic E-state index is 0.0567. The molecule has 10 nitrogen and oxygen atoms in total. The van der Waals surface area contributed by atoms with Crippen LogP contribution in [0.25, 0.3) is 33.2 Å². The molecule has 0 saturated carbocycles. The van der Waals surface area contributed by atoms with E-state index in [0.29, 0.717) is 56.3 Å². The van der Waals surface area contributed by atoms with Crippen molar-refractivity contribution < 1.29 is 37.0 Å². The van der Waals surface area contributed by atoms with Gasteiger partial charge in [-0.1, -0.05) is 132 Å². The normalized spacial score (nSPS) is 16.2. The van der Waals surface area contributed by atoms with E-state index >= 15 is 8.42 Å². The van der Waals surface area contributed by atoms with Crippen LogP contribution in [0.5, 0.6) is 0 Å². The number of benzene rings is 6. The number of carbonyl (C=O) groups is 3. The van der Waals surface area contributed by atoms with E-state index in [0.717, 1.165) is 22.3 Å². The summed E-state index contributed by atoms with van der Waals surface area (Å²) in [6, 6.07) is 47.3. The van der Waals surface area contributed by atoms with Crippen molar-refractivity contribution in [3.63, 3.8) is 0 Å². The number of nitrogens with zero attached hydrogens (tertiary/aromatic N) is 2. The number of fused-ring (bicyclic) bond motifs is 2. The average Bonchev–Trinajstić information content (AvgIpc) is 4.00. The summed E-state index contributed by atoms with van der Waals surface area (Å²) in [5, 5.41) is 1.37. The molecule has 11 heteroatoms. The lowest BCUT2D eigenvalue weighted by molar-refractivity contribution is -0.144. The average molecular weight is 885 g/mol. The summed E-state index contributed by atoms with van der Waals surface area (Å²) in [6.45, 7) is 5.72. The summed E-state index contributed by atoms with van der Waals surface area (Å²) in [6.07, 6.45) is -1.31. The van der Waals surface area contributed by atoms with Crippen molar-refractivity contribution in [2.75, 3.05) is 6.61 Å². The van der Waals surface area contributed by atoms with E-state index in [1.165, 1.54) is 3.97 Å². The molecule has 65 heavy (non-hydrogen) atoms. The minimum atomic E-state index is -4.26. The quantitative estimate of drug-likeness (QED) is 0.0781. The van der Waals surface area contributed by atoms with Crippen LogP contribution in [-0.2, 0) is 42.1 Å². The van der Waals surface area contributed by atoms with Crippen LogP contribution in [0.1, 0.15) is 67.6 Å². The first kappa shape index (κ1) is 43.2. The molecular weight excluding hydrogens is 837 g/mol. The SMILES string of the molecule is Cc1ccc(C(=O)CC2C[C@H](n3c(-c4cc5ccccc5n4S(=O)(=O)c4ccc(C)cc4)c(CC(=O)OCc4ccccc4)c4ccccc43)O[C@@H]2COC(=O)c2ccc(C)cc2)cc1. The summed E-state index contributed by atoms with van der Waals surface area (Å²) >= 11 is 0. The molecular formula is C54H48N2O8S. The highest BCUT2D eigenvalue weighted by Gasteiger charge is 2.41. The molecule has 3 atom stereocenters. The van der Waals surface area contributed by atoms with Gasteiger partial charge in [-0.25, -0.2) is 17.2 Å². The van der Waals surface area contributed by atoms with Crippen molar-refractivity contribution in [3.05, 3.63) is 197 Å². The molecule has 0 bridgehead atoms. The van der Waals surface area contributed by atoms with Gasteiger partial charge in [-0.2, -0.15) is 0 Å². The number of aromatic nitrogens is 2. The molecule has 1 unspecified atom stereocenters. The minimum Gasteiger partial charge on any atom is -0.461 e. The van der Waals surface area contributed by atoms with E-state index in [9.17, 15) is 14.4 Å². The van der Waals surface area contributed by atoms with Crippen molar-refractivity contribution in [1.29, 1.82) is 0 Å². The molecule has 6 aromatic carbocycles. The molecule has 2 aromatic heterocycles. The van der Waals surface area contributed by atoms with Gasteiger partial charge >= 0.3 is 11.9 Å². The number of rotatable bonds is 14. The van der Waals surface area contributed by atoms with Crippen LogP contribution in [0, 0.1) is 26.7 Å². The van der Waals surface area contributed by atoms with Crippen LogP contribution < -0.4 is 0 Å². The Morgan fingerprint density at radius 1 is 0.677 bits per heavy atom. The van der Waals surface area contributed by atoms with E-state index < -0.39 is 40.2 Å². The Morgan fingerprint density at radius 2 is 1.28 bits per heavy atom. The van der Waals surface area contributed by atoms with Crippen LogP contribution in [0.15, 0.2) is 163 Å². The van der Waals surface area contributed by atoms with Gasteiger partial charge in [0.05, 0.1) is 45.4 Å². The highest BCUT2D eigenvalue weighted by molar-refractivity contribution is 7.90. The van der Waals surface area contributed by atoms with Crippen molar-refractivity contribution in [1.82, 2.24) is 8.54 Å². The van der Waals surface area contributed by atoms with E-state index in [4.69, 9.17) is 14.2 Å². The molecule has 1 fully saturated rings. The number of Topliss-reactive ketones (excluding diaryl/α,β-unsaturated/α-hetero) is 1. The summed E-state index contributed by atoms with van der Waals surface area (Å²) in [7, 11) is -4.26. The van der Waals surface area contributed by atoms with Gasteiger partial charge < -0.3 is 18.8 Å². The lowest BCUT2D eigenvalue weighted by Crippen LogP contribution is -2.26. The zero-order chi connectivity index (χ0) is 45.2. The molecule has 1 aliphatic rings. The summed E-state index contributed by atoms with van der Waals surface area (Å²) in [5.41, 5.74) is 7.16. The van der Waals surface area contributed by atoms with Crippen LogP contribution in [-0.4, -0.2) is 47.4 Å². The smallest absolute Gasteiger partial charge is 0.338 e. The Balaban J connectivity index is 1.19. The molecule has 3 heterocycles. The molecule has 0 radical (unpaired) electrons. The Kier molecular flexibility index (Phi) is 12.1. The first-order valence-corrected chi connectivity index (χ1v) is 23.1. The number of ether oxygens (including phenoxy) is 3. The second kappa shape index (κ2) is 18.2. The number of para-hydroxylation sites is 2. The predicted octanol–water partition coefficient (Wildman–Crippen LogP) is 10.7.